The number of hydrogen-bond acceptors (Lipinski definition) is 7. The van der Waals surface area contributed by atoms with Gasteiger partial charge in [-0.2, -0.15) is 5.10 Å². The Bertz CT molecular complexity index is 1160. The van der Waals surface area contributed by atoms with E-state index < -0.39 is 5.97 Å². The molecule has 0 fully saturated rings. The molecule has 3 rings (SSSR count). The van der Waals surface area contributed by atoms with Crippen molar-refractivity contribution in [1.29, 1.82) is 0 Å². The molecule has 0 aliphatic rings. The fraction of sp³-hybridized carbons (Fsp3) is 0.222. The Morgan fingerprint density at radius 3 is 2.20 bits per heavy atom. The second-order valence-electron chi connectivity index (χ2n) is 7.45. The van der Waals surface area contributed by atoms with Crippen LogP contribution in [0.5, 0.6) is 23.0 Å². The minimum Gasteiger partial charge on any atom is -0.497 e. The lowest BCUT2D eigenvalue weighted by Gasteiger charge is -2.10. The lowest BCUT2D eigenvalue weighted by molar-refractivity contribution is 0.0729. The molecule has 0 aromatic heterocycles. The molecule has 8 heteroatoms. The minimum atomic E-state index is -0.526. The quantitative estimate of drug-likeness (QED) is 0.140. The van der Waals surface area contributed by atoms with Crippen LogP contribution in [-0.4, -0.2) is 38.9 Å². The van der Waals surface area contributed by atoms with Crippen molar-refractivity contribution < 1.29 is 28.5 Å². The highest BCUT2D eigenvalue weighted by atomic mass is 16.6. The summed E-state index contributed by atoms with van der Waals surface area (Å²) in [6, 6.07) is 18.4. The van der Waals surface area contributed by atoms with E-state index >= 15 is 0 Å². The summed E-state index contributed by atoms with van der Waals surface area (Å²) >= 11 is 0. The Balaban J connectivity index is 1.58. The van der Waals surface area contributed by atoms with Gasteiger partial charge in [0.2, 0.25) is 0 Å². The number of amides is 1. The van der Waals surface area contributed by atoms with E-state index in [4.69, 9.17) is 18.9 Å². The van der Waals surface area contributed by atoms with E-state index in [1.807, 2.05) is 0 Å². The number of ether oxygens (including phenoxy) is 4. The predicted octanol–water partition coefficient (Wildman–Crippen LogP) is 4.87. The van der Waals surface area contributed by atoms with Crippen molar-refractivity contribution >= 4 is 18.1 Å². The molecule has 0 heterocycles. The van der Waals surface area contributed by atoms with Crippen LogP contribution in [0.1, 0.15) is 46.0 Å². The maximum absolute atomic E-state index is 12.4. The van der Waals surface area contributed by atoms with Gasteiger partial charge in [-0.1, -0.05) is 13.3 Å². The number of methoxy groups -OCH3 is 2. The molecule has 0 atom stereocenters. The molecular weight excluding hydrogens is 448 g/mol. The highest BCUT2D eigenvalue weighted by molar-refractivity contribution is 5.95. The monoisotopic (exact) mass is 476 g/mol. The molecule has 182 valence electrons. The Morgan fingerprint density at radius 2 is 1.54 bits per heavy atom. The minimum absolute atomic E-state index is 0.260. The van der Waals surface area contributed by atoms with E-state index in [9.17, 15) is 9.59 Å². The molecule has 0 aliphatic carbocycles. The molecule has 1 N–H and O–H groups in total. The molecule has 0 unspecified atom stereocenters. The Morgan fingerprint density at radius 1 is 0.857 bits per heavy atom. The largest absolute Gasteiger partial charge is 0.497 e. The second-order valence-corrected chi connectivity index (χ2v) is 7.45. The molecule has 0 saturated carbocycles. The van der Waals surface area contributed by atoms with Crippen LogP contribution in [0.2, 0.25) is 0 Å². The molecule has 0 radical (unpaired) electrons. The number of rotatable bonds is 11. The average Bonchev–Trinajstić information content (AvgIpc) is 2.90. The summed E-state index contributed by atoms with van der Waals surface area (Å²) < 4.78 is 21.5. The average molecular weight is 477 g/mol. The third kappa shape index (κ3) is 7.33. The summed E-state index contributed by atoms with van der Waals surface area (Å²) in [6.45, 7) is 2.75. The maximum atomic E-state index is 12.4. The van der Waals surface area contributed by atoms with Crippen LogP contribution in [0.4, 0.5) is 0 Å². The maximum Gasteiger partial charge on any atom is 0.343 e. The van der Waals surface area contributed by atoms with Crippen LogP contribution < -0.4 is 24.4 Å². The third-order valence-corrected chi connectivity index (χ3v) is 4.98. The van der Waals surface area contributed by atoms with Gasteiger partial charge in [-0.25, -0.2) is 10.2 Å². The zero-order valence-corrected chi connectivity index (χ0v) is 19.9. The van der Waals surface area contributed by atoms with Crippen LogP contribution >= 0.6 is 0 Å². The van der Waals surface area contributed by atoms with Gasteiger partial charge < -0.3 is 18.9 Å². The summed E-state index contributed by atoms with van der Waals surface area (Å²) in [7, 11) is 3.02. The van der Waals surface area contributed by atoms with E-state index in [2.05, 4.69) is 17.5 Å². The van der Waals surface area contributed by atoms with E-state index in [1.54, 1.807) is 73.8 Å². The summed E-state index contributed by atoms with van der Waals surface area (Å²) in [5.74, 6) is 1.10. The summed E-state index contributed by atoms with van der Waals surface area (Å²) in [4.78, 5) is 24.8. The van der Waals surface area contributed by atoms with Gasteiger partial charge in [0.05, 0.1) is 32.6 Å². The lowest BCUT2D eigenvalue weighted by atomic mass is 10.2. The number of carbonyl (C=O) groups excluding carboxylic acids is 2. The van der Waals surface area contributed by atoms with Gasteiger partial charge in [0.25, 0.3) is 5.91 Å². The van der Waals surface area contributed by atoms with Gasteiger partial charge >= 0.3 is 5.97 Å². The van der Waals surface area contributed by atoms with Crippen LogP contribution in [0.25, 0.3) is 0 Å². The zero-order chi connectivity index (χ0) is 25.0. The summed E-state index contributed by atoms with van der Waals surface area (Å²) in [6.07, 6.45) is 3.51. The van der Waals surface area contributed by atoms with E-state index in [1.165, 1.54) is 13.3 Å². The number of unbranched alkanes of at least 4 members (excludes halogenated alkanes) is 1. The van der Waals surface area contributed by atoms with Crippen molar-refractivity contribution in [3.05, 3.63) is 83.4 Å². The molecule has 3 aromatic rings. The number of carbonyl (C=O) groups is 2. The van der Waals surface area contributed by atoms with E-state index in [0.29, 0.717) is 34.8 Å². The van der Waals surface area contributed by atoms with Crippen LogP contribution in [0.15, 0.2) is 71.8 Å². The standard InChI is InChI=1S/C27H28N2O6/c1-4-5-16-34-23-13-7-20(8-14-23)26(30)29-28-18-19-6-15-24(25(17-19)33-3)35-27(31)21-9-11-22(32-2)12-10-21/h6-15,17-18H,4-5,16H2,1-3H3,(H,29,30)/b28-18-. The number of hydrogen-bond donors (Lipinski definition) is 1. The normalized spacial score (nSPS) is 10.6. The number of nitrogens with one attached hydrogen (secondary N) is 1. The first-order valence-electron chi connectivity index (χ1n) is 11.1. The molecule has 35 heavy (non-hydrogen) atoms. The van der Waals surface area contributed by atoms with Crippen molar-refractivity contribution in [1.82, 2.24) is 5.43 Å². The van der Waals surface area contributed by atoms with Crippen molar-refractivity contribution in [3.8, 4) is 23.0 Å². The van der Waals surface area contributed by atoms with E-state index in [-0.39, 0.29) is 11.7 Å². The summed E-state index contributed by atoms with van der Waals surface area (Å²) in [5, 5.41) is 4.00. The highest BCUT2D eigenvalue weighted by Gasteiger charge is 2.13. The topological polar surface area (TPSA) is 95.5 Å². The summed E-state index contributed by atoms with van der Waals surface area (Å²) in [5.41, 5.74) is 3.97. The fourth-order valence-corrected chi connectivity index (χ4v) is 3.00. The fourth-order valence-electron chi connectivity index (χ4n) is 3.00. The van der Waals surface area contributed by atoms with Crippen LogP contribution in [-0.2, 0) is 0 Å². The van der Waals surface area contributed by atoms with Crippen LogP contribution in [0.3, 0.4) is 0 Å². The lowest BCUT2D eigenvalue weighted by Crippen LogP contribution is -2.17. The van der Waals surface area contributed by atoms with Crippen molar-refractivity contribution in [2.24, 2.45) is 5.10 Å². The van der Waals surface area contributed by atoms with Crippen molar-refractivity contribution in [3.63, 3.8) is 0 Å². The number of benzene rings is 3. The van der Waals surface area contributed by atoms with E-state index in [0.717, 1.165) is 18.6 Å². The van der Waals surface area contributed by atoms with Crippen molar-refractivity contribution in [2.75, 3.05) is 20.8 Å². The van der Waals surface area contributed by atoms with Gasteiger partial charge in [-0.05, 0) is 78.7 Å². The van der Waals surface area contributed by atoms with Gasteiger partial charge in [-0.15, -0.1) is 0 Å². The smallest absolute Gasteiger partial charge is 0.343 e. The first-order chi connectivity index (χ1) is 17.0. The molecule has 8 nitrogen and oxygen atoms in total. The molecule has 0 aliphatic heterocycles. The van der Waals surface area contributed by atoms with Gasteiger partial charge in [0.1, 0.15) is 11.5 Å². The van der Waals surface area contributed by atoms with Crippen molar-refractivity contribution in [2.45, 2.75) is 19.8 Å². The molecule has 0 bridgehead atoms. The second kappa shape index (κ2) is 12.8. The van der Waals surface area contributed by atoms with Gasteiger partial charge in [-0.3, -0.25) is 4.79 Å². The van der Waals surface area contributed by atoms with Gasteiger partial charge in [0.15, 0.2) is 11.5 Å². The molecular formula is C27H28N2O6. The molecule has 0 spiro atoms. The Hall–Kier alpha value is -4.33. The first-order valence-corrected chi connectivity index (χ1v) is 11.1. The number of hydrazone groups is 1. The molecule has 3 aromatic carbocycles. The third-order valence-electron chi connectivity index (χ3n) is 4.98. The van der Waals surface area contributed by atoms with Crippen LogP contribution in [0, 0.1) is 0 Å². The predicted molar refractivity (Wildman–Crippen MR) is 133 cm³/mol. The number of esters is 1. The Kier molecular flexibility index (Phi) is 9.24. The SMILES string of the molecule is CCCCOc1ccc(C(=O)N/N=C\c2ccc(OC(=O)c3ccc(OC)cc3)c(OC)c2)cc1. The zero-order valence-electron chi connectivity index (χ0n) is 19.9. The highest BCUT2D eigenvalue weighted by Crippen LogP contribution is 2.28. The number of nitrogens with zero attached hydrogens (tertiary/aromatic N) is 1. The first kappa shape index (κ1) is 25.3. The Labute approximate surface area is 204 Å². The molecule has 1 amide bonds. The van der Waals surface area contributed by atoms with Gasteiger partial charge in [0, 0.05) is 5.56 Å². The molecule has 0 saturated heterocycles.